The van der Waals surface area contributed by atoms with E-state index in [-0.39, 0.29) is 54.4 Å². The van der Waals surface area contributed by atoms with E-state index in [4.69, 9.17) is 11.6 Å². The molecule has 3 aliphatic rings. The Morgan fingerprint density at radius 1 is 0.974 bits per heavy atom. The minimum absolute atomic E-state index is 0.00630. The van der Waals surface area contributed by atoms with Gasteiger partial charge in [0.25, 0.3) is 5.91 Å². The van der Waals surface area contributed by atoms with Gasteiger partial charge in [-0.25, -0.2) is 13.9 Å². The van der Waals surface area contributed by atoms with Crippen LogP contribution in [0.2, 0.25) is 0 Å². The molecule has 0 radical (unpaired) electrons. The second kappa shape index (κ2) is 12.0. The third-order valence-electron chi connectivity index (χ3n) is 8.60. The molecule has 0 saturated carbocycles. The van der Waals surface area contributed by atoms with Crippen molar-refractivity contribution in [3.05, 3.63) is 24.3 Å². The van der Waals surface area contributed by atoms with Gasteiger partial charge in [0.15, 0.2) is 14.6 Å². The molecule has 2 atom stereocenters. The number of carbonyl (C=O) groups excluding carboxylic acids is 3. The fourth-order valence-electron chi connectivity index (χ4n) is 6.47. The van der Waals surface area contributed by atoms with Crippen LogP contribution in [0.1, 0.15) is 46.0 Å². The van der Waals surface area contributed by atoms with Crippen LogP contribution in [0.25, 0.3) is 0 Å². The number of anilines is 1. The second-order valence-corrected chi connectivity index (χ2v) is 13.9. The van der Waals surface area contributed by atoms with Gasteiger partial charge in [-0.05, 0) is 68.2 Å². The lowest BCUT2D eigenvalue weighted by Gasteiger charge is -2.40. The van der Waals surface area contributed by atoms with Crippen LogP contribution in [0.3, 0.4) is 0 Å². The van der Waals surface area contributed by atoms with Gasteiger partial charge in [0.1, 0.15) is 5.88 Å². The predicted octanol–water partition coefficient (Wildman–Crippen LogP) is 2.29. The van der Waals surface area contributed by atoms with E-state index in [1.54, 1.807) is 12.1 Å². The molecule has 0 spiro atoms. The lowest BCUT2D eigenvalue weighted by molar-refractivity contribution is -0.139. The van der Waals surface area contributed by atoms with Crippen LogP contribution in [0.5, 0.6) is 0 Å². The molecule has 3 saturated heterocycles. The zero-order valence-electron chi connectivity index (χ0n) is 22.6. The fourth-order valence-corrected chi connectivity index (χ4v) is 8.59. The van der Waals surface area contributed by atoms with Gasteiger partial charge >= 0.3 is 0 Å². The highest BCUT2D eigenvalue weighted by Crippen LogP contribution is 2.37. The molecule has 3 heterocycles. The van der Waals surface area contributed by atoms with Crippen LogP contribution >= 0.6 is 11.6 Å². The number of carbonyl (C=O) groups is 3. The largest absolute Gasteiger partial charge is 0.371 e. The highest BCUT2D eigenvalue weighted by Gasteiger charge is 2.53. The van der Waals surface area contributed by atoms with Crippen LogP contribution < -0.4 is 10.4 Å². The molecule has 3 aliphatic heterocycles. The van der Waals surface area contributed by atoms with Crippen LogP contribution in [-0.4, -0.2) is 91.0 Å². The highest BCUT2D eigenvalue weighted by atomic mass is 35.5. The first kappa shape index (κ1) is 29.6. The quantitative estimate of drug-likeness (QED) is 0.299. The molecule has 0 bridgehead atoms. The van der Waals surface area contributed by atoms with Gasteiger partial charge in [0, 0.05) is 50.9 Å². The molecule has 0 aliphatic carbocycles. The van der Waals surface area contributed by atoms with E-state index in [9.17, 15) is 28.0 Å². The Morgan fingerprint density at radius 2 is 1.54 bits per heavy atom. The molecule has 1 aromatic rings. The SMILES string of the molecule is CC1CC(C)CN(C(=O)C2CCN(c3ccc(S(=O)(=O)C4(C(=O)NO)CCN(C(=O)CCl)CC4)cc3)CC2)C1. The zero-order valence-corrected chi connectivity index (χ0v) is 24.2. The molecule has 1 aromatic carbocycles. The Labute approximate surface area is 235 Å². The average Bonchev–Trinajstić information content (AvgIpc) is 2.95. The van der Waals surface area contributed by atoms with Crippen molar-refractivity contribution in [3.63, 3.8) is 0 Å². The van der Waals surface area contributed by atoms with E-state index in [0.29, 0.717) is 24.9 Å². The van der Waals surface area contributed by atoms with Crippen molar-refractivity contribution in [2.24, 2.45) is 17.8 Å². The molecule has 3 amide bonds. The third-order valence-corrected chi connectivity index (χ3v) is 11.3. The minimum atomic E-state index is -4.19. The highest BCUT2D eigenvalue weighted by molar-refractivity contribution is 7.93. The third kappa shape index (κ3) is 5.90. The summed E-state index contributed by atoms with van der Waals surface area (Å²) in [7, 11) is -4.19. The van der Waals surface area contributed by atoms with Crippen molar-refractivity contribution in [1.29, 1.82) is 0 Å². The number of alkyl halides is 1. The van der Waals surface area contributed by atoms with E-state index < -0.39 is 20.5 Å². The number of rotatable bonds is 6. The number of sulfone groups is 1. The molecule has 10 nitrogen and oxygen atoms in total. The summed E-state index contributed by atoms with van der Waals surface area (Å²) in [5.74, 6) is -0.259. The minimum Gasteiger partial charge on any atom is -0.371 e. The Kier molecular flexibility index (Phi) is 9.12. The molecule has 4 rings (SSSR count). The predicted molar refractivity (Wildman–Crippen MR) is 147 cm³/mol. The normalized spacial score (nSPS) is 24.4. The van der Waals surface area contributed by atoms with Crippen molar-refractivity contribution in [2.45, 2.75) is 55.6 Å². The number of hydrogen-bond donors (Lipinski definition) is 2. The monoisotopic (exact) mass is 582 g/mol. The summed E-state index contributed by atoms with van der Waals surface area (Å²) in [5.41, 5.74) is 2.38. The maximum atomic E-state index is 13.7. The Bertz CT molecular complexity index is 1150. The summed E-state index contributed by atoms with van der Waals surface area (Å²) in [4.78, 5) is 43.4. The number of piperidine rings is 3. The Hall–Kier alpha value is -2.37. The van der Waals surface area contributed by atoms with Gasteiger partial charge in [-0.3, -0.25) is 19.6 Å². The van der Waals surface area contributed by atoms with E-state index in [2.05, 4.69) is 18.7 Å². The van der Waals surface area contributed by atoms with Crippen molar-refractivity contribution < 1.29 is 28.0 Å². The Morgan fingerprint density at radius 3 is 2.05 bits per heavy atom. The maximum absolute atomic E-state index is 13.7. The van der Waals surface area contributed by atoms with Crippen LogP contribution in [0.4, 0.5) is 5.69 Å². The molecule has 2 N–H and O–H groups in total. The zero-order chi connectivity index (χ0) is 28.4. The molecule has 216 valence electrons. The van der Waals surface area contributed by atoms with Crippen molar-refractivity contribution in [3.8, 4) is 0 Å². The number of halogens is 1. The number of hydroxylamine groups is 1. The number of hydrogen-bond acceptors (Lipinski definition) is 7. The summed E-state index contributed by atoms with van der Waals surface area (Å²) in [6.07, 6.45) is 2.35. The molecular formula is C27H39ClN4O6S. The van der Waals surface area contributed by atoms with Crippen molar-refractivity contribution in [2.75, 3.05) is 50.0 Å². The topological polar surface area (TPSA) is 127 Å². The van der Waals surface area contributed by atoms with E-state index in [1.165, 1.54) is 22.5 Å². The fraction of sp³-hybridized carbons (Fsp3) is 0.667. The summed E-state index contributed by atoms with van der Waals surface area (Å²) in [6.45, 7) is 7.54. The molecule has 2 unspecified atom stereocenters. The van der Waals surface area contributed by atoms with Gasteiger partial charge in [-0.15, -0.1) is 11.6 Å². The summed E-state index contributed by atoms with van der Waals surface area (Å²) >= 11 is 5.63. The van der Waals surface area contributed by atoms with Crippen molar-refractivity contribution >= 4 is 44.8 Å². The molecule has 39 heavy (non-hydrogen) atoms. The van der Waals surface area contributed by atoms with E-state index >= 15 is 0 Å². The first-order chi connectivity index (χ1) is 18.5. The number of benzene rings is 1. The van der Waals surface area contributed by atoms with Gasteiger partial charge in [-0.2, -0.15) is 0 Å². The first-order valence-corrected chi connectivity index (χ1v) is 15.7. The standard InChI is InChI=1S/C27H39ClN4O6S/c1-19-15-20(2)18-32(17-19)25(34)21-7-11-30(12-8-21)22-3-5-23(6-4-22)39(37,38)27(26(35)29-36)9-13-31(14-10-27)24(33)16-28/h3-6,19-21,36H,7-18H2,1-2H3,(H,29,35). The summed E-state index contributed by atoms with van der Waals surface area (Å²) in [6, 6.07) is 6.42. The first-order valence-electron chi connectivity index (χ1n) is 13.7. The lowest BCUT2D eigenvalue weighted by Crippen LogP contribution is -2.58. The van der Waals surface area contributed by atoms with Gasteiger partial charge in [0.2, 0.25) is 11.8 Å². The summed E-state index contributed by atoms with van der Waals surface area (Å²) < 4.78 is 25.5. The molecule has 3 fully saturated rings. The van der Waals surface area contributed by atoms with Gasteiger partial charge in [0.05, 0.1) is 4.90 Å². The molecule has 0 aromatic heterocycles. The summed E-state index contributed by atoms with van der Waals surface area (Å²) in [5, 5.41) is 9.37. The Balaban J connectivity index is 1.42. The van der Waals surface area contributed by atoms with Crippen LogP contribution in [-0.2, 0) is 24.2 Å². The molecule has 12 heteroatoms. The number of nitrogens with zero attached hydrogens (tertiary/aromatic N) is 3. The lowest BCUT2D eigenvalue weighted by atomic mass is 9.89. The smallest absolute Gasteiger partial charge is 0.265 e. The number of amides is 3. The van der Waals surface area contributed by atoms with Crippen LogP contribution in [0.15, 0.2) is 29.2 Å². The van der Waals surface area contributed by atoms with Gasteiger partial charge < -0.3 is 14.7 Å². The maximum Gasteiger partial charge on any atom is 0.265 e. The van der Waals surface area contributed by atoms with E-state index in [1.807, 2.05) is 4.90 Å². The number of likely N-dealkylation sites (tertiary alicyclic amines) is 2. The average molecular weight is 583 g/mol. The number of nitrogens with one attached hydrogen (secondary N) is 1. The second-order valence-electron chi connectivity index (χ2n) is 11.4. The van der Waals surface area contributed by atoms with Gasteiger partial charge in [-0.1, -0.05) is 13.8 Å². The van der Waals surface area contributed by atoms with E-state index in [0.717, 1.165) is 38.0 Å². The van der Waals surface area contributed by atoms with Crippen molar-refractivity contribution in [1.82, 2.24) is 15.3 Å². The van der Waals surface area contributed by atoms with Crippen LogP contribution in [0, 0.1) is 17.8 Å². The molecular weight excluding hydrogens is 544 g/mol.